The van der Waals surface area contributed by atoms with Gasteiger partial charge in [0.05, 0.1) is 6.04 Å². The van der Waals surface area contributed by atoms with E-state index in [1.54, 1.807) is 47.4 Å². The summed E-state index contributed by atoms with van der Waals surface area (Å²) < 4.78 is 28.1. The molecule has 0 aromatic heterocycles. The van der Waals surface area contributed by atoms with Gasteiger partial charge in [0.15, 0.2) is 12.1 Å². The lowest BCUT2D eigenvalue weighted by Gasteiger charge is -2.37. The summed E-state index contributed by atoms with van der Waals surface area (Å²) in [6.07, 6.45) is -1.42. The van der Waals surface area contributed by atoms with Crippen molar-refractivity contribution in [2.24, 2.45) is 0 Å². The van der Waals surface area contributed by atoms with Crippen LogP contribution < -0.4 is 5.32 Å². The molecule has 1 amide bonds. The molecule has 2 aromatic carbocycles. The first-order valence-corrected chi connectivity index (χ1v) is 10.1. The van der Waals surface area contributed by atoms with Crippen molar-refractivity contribution < 1.29 is 18.4 Å². The van der Waals surface area contributed by atoms with Crippen LogP contribution in [0.4, 0.5) is 8.78 Å². The Morgan fingerprint density at radius 2 is 1.63 bits per heavy atom. The number of nitrogens with one attached hydrogen (secondary N) is 1. The number of halogens is 2. The molecule has 1 heterocycles. The summed E-state index contributed by atoms with van der Waals surface area (Å²) >= 11 is 0. The minimum absolute atomic E-state index is 0.0920. The van der Waals surface area contributed by atoms with E-state index in [0.29, 0.717) is 38.3 Å². The SMILES string of the molecule is CC(=O)NC(CC(F)N1CCN(Cc2ccc(F)cc2)CC1)C(=O)c1ccccc1. The molecule has 30 heavy (non-hydrogen) atoms. The molecule has 1 aliphatic rings. The average Bonchev–Trinajstić information content (AvgIpc) is 2.75. The summed E-state index contributed by atoms with van der Waals surface area (Å²) in [4.78, 5) is 28.2. The van der Waals surface area contributed by atoms with Crippen LogP contribution in [0.5, 0.6) is 0 Å². The first-order chi connectivity index (χ1) is 14.4. The Balaban J connectivity index is 1.54. The van der Waals surface area contributed by atoms with Crippen LogP contribution >= 0.6 is 0 Å². The van der Waals surface area contributed by atoms with Crippen molar-refractivity contribution in [3.8, 4) is 0 Å². The van der Waals surface area contributed by atoms with Gasteiger partial charge in [-0.1, -0.05) is 42.5 Å². The number of nitrogens with zero attached hydrogens (tertiary/aromatic N) is 2. The van der Waals surface area contributed by atoms with E-state index in [0.717, 1.165) is 5.56 Å². The first kappa shape index (κ1) is 22.1. The van der Waals surface area contributed by atoms with Crippen molar-refractivity contribution in [3.63, 3.8) is 0 Å². The Bertz CT molecular complexity index is 837. The molecule has 1 N–H and O–H groups in total. The van der Waals surface area contributed by atoms with Crippen LogP contribution in [0.25, 0.3) is 0 Å². The number of ketones is 1. The van der Waals surface area contributed by atoms with Crippen molar-refractivity contribution in [2.75, 3.05) is 26.2 Å². The minimum Gasteiger partial charge on any atom is -0.346 e. The second kappa shape index (κ2) is 10.4. The van der Waals surface area contributed by atoms with Crippen LogP contribution in [0.1, 0.15) is 29.3 Å². The molecular formula is C23H27F2N3O2. The predicted molar refractivity (Wildman–Crippen MR) is 111 cm³/mol. The number of carbonyl (C=O) groups is 2. The Kier molecular flexibility index (Phi) is 7.65. The lowest BCUT2D eigenvalue weighted by molar-refractivity contribution is -0.119. The van der Waals surface area contributed by atoms with Crippen molar-refractivity contribution in [3.05, 3.63) is 71.5 Å². The van der Waals surface area contributed by atoms with Crippen molar-refractivity contribution >= 4 is 11.7 Å². The largest absolute Gasteiger partial charge is 0.346 e. The molecule has 1 saturated heterocycles. The summed E-state index contributed by atoms with van der Waals surface area (Å²) in [7, 11) is 0. The molecule has 1 aliphatic heterocycles. The van der Waals surface area contributed by atoms with E-state index in [1.165, 1.54) is 19.1 Å². The summed E-state index contributed by atoms with van der Waals surface area (Å²) in [5.41, 5.74) is 1.47. The number of rotatable bonds is 8. The molecule has 0 bridgehead atoms. The Labute approximate surface area is 175 Å². The maximum atomic E-state index is 15.0. The van der Waals surface area contributed by atoms with E-state index in [1.807, 2.05) is 0 Å². The molecule has 3 rings (SSSR count). The molecule has 7 heteroatoms. The molecule has 2 aromatic rings. The van der Waals surface area contributed by atoms with Crippen LogP contribution in [-0.2, 0) is 11.3 Å². The molecule has 160 valence electrons. The molecule has 0 radical (unpaired) electrons. The third-order valence-corrected chi connectivity index (χ3v) is 5.31. The van der Waals surface area contributed by atoms with Crippen LogP contribution in [0.15, 0.2) is 54.6 Å². The van der Waals surface area contributed by atoms with E-state index < -0.39 is 12.3 Å². The first-order valence-electron chi connectivity index (χ1n) is 10.1. The highest BCUT2D eigenvalue weighted by atomic mass is 19.1. The number of hydrogen-bond donors (Lipinski definition) is 1. The maximum Gasteiger partial charge on any atom is 0.217 e. The second-order valence-corrected chi connectivity index (χ2v) is 7.59. The molecule has 0 spiro atoms. The molecular weight excluding hydrogens is 388 g/mol. The zero-order valence-corrected chi connectivity index (χ0v) is 17.1. The standard InChI is InChI=1S/C23H27F2N3O2/c1-17(29)26-21(23(30)19-5-3-2-4-6-19)15-22(25)28-13-11-27(12-14-28)16-18-7-9-20(24)10-8-18/h2-10,21-22H,11-16H2,1H3,(H,26,29). The number of amides is 1. The van der Waals surface area contributed by atoms with Crippen molar-refractivity contribution in [1.29, 1.82) is 0 Å². The van der Waals surface area contributed by atoms with Crippen LogP contribution in [-0.4, -0.2) is 60.0 Å². The van der Waals surface area contributed by atoms with Gasteiger partial charge in [0.2, 0.25) is 5.91 Å². The number of carbonyl (C=O) groups excluding carboxylic acids is 2. The van der Waals surface area contributed by atoms with E-state index in [2.05, 4.69) is 10.2 Å². The topological polar surface area (TPSA) is 52.7 Å². The monoisotopic (exact) mass is 415 g/mol. The van der Waals surface area contributed by atoms with E-state index in [-0.39, 0.29) is 23.9 Å². The third kappa shape index (κ3) is 6.18. The molecule has 5 nitrogen and oxygen atoms in total. The van der Waals surface area contributed by atoms with Gasteiger partial charge in [-0.05, 0) is 17.7 Å². The van der Waals surface area contributed by atoms with Gasteiger partial charge in [-0.3, -0.25) is 19.4 Å². The average molecular weight is 415 g/mol. The fraction of sp³-hybridized carbons (Fsp3) is 0.391. The molecule has 1 fully saturated rings. The highest BCUT2D eigenvalue weighted by molar-refractivity contribution is 6.01. The molecule has 2 unspecified atom stereocenters. The third-order valence-electron chi connectivity index (χ3n) is 5.31. The highest BCUT2D eigenvalue weighted by Gasteiger charge is 2.30. The number of benzene rings is 2. The van der Waals surface area contributed by atoms with E-state index in [4.69, 9.17) is 0 Å². The van der Waals surface area contributed by atoms with Gasteiger partial charge in [0.25, 0.3) is 0 Å². The summed E-state index contributed by atoms with van der Waals surface area (Å²) in [6, 6.07) is 14.1. The second-order valence-electron chi connectivity index (χ2n) is 7.59. The fourth-order valence-electron chi connectivity index (χ4n) is 3.67. The van der Waals surface area contributed by atoms with E-state index in [9.17, 15) is 14.0 Å². The summed E-state index contributed by atoms with van der Waals surface area (Å²) in [5.74, 6) is -0.911. The number of Topliss-reactive ketones (excluding diaryl/α,β-unsaturated/α-hetero) is 1. The van der Waals surface area contributed by atoms with Gasteiger partial charge < -0.3 is 5.32 Å². The van der Waals surface area contributed by atoms with Gasteiger partial charge in [-0.15, -0.1) is 0 Å². The number of piperazine rings is 1. The smallest absolute Gasteiger partial charge is 0.217 e. The fourth-order valence-corrected chi connectivity index (χ4v) is 3.67. The Morgan fingerprint density at radius 1 is 1.00 bits per heavy atom. The van der Waals surface area contributed by atoms with Crippen LogP contribution in [0, 0.1) is 5.82 Å². The van der Waals surface area contributed by atoms with Gasteiger partial charge >= 0.3 is 0 Å². The normalized spacial score (nSPS) is 17.3. The van der Waals surface area contributed by atoms with Crippen molar-refractivity contribution in [2.45, 2.75) is 32.2 Å². The van der Waals surface area contributed by atoms with Crippen molar-refractivity contribution in [1.82, 2.24) is 15.1 Å². The molecule has 0 aliphatic carbocycles. The van der Waals surface area contributed by atoms with Gasteiger partial charge in [-0.25, -0.2) is 8.78 Å². The molecule has 2 atom stereocenters. The van der Waals surface area contributed by atoms with Gasteiger partial charge in [0, 0.05) is 51.6 Å². The van der Waals surface area contributed by atoms with E-state index >= 15 is 4.39 Å². The quantitative estimate of drug-likeness (QED) is 0.532. The Hall–Kier alpha value is -2.64. The zero-order valence-electron chi connectivity index (χ0n) is 17.1. The lowest BCUT2D eigenvalue weighted by atomic mass is 10.0. The summed E-state index contributed by atoms with van der Waals surface area (Å²) in [6.45, 7) is 4.41. The highest BCUT2D eigenvalue weighted by Crippen LogP contribution is 2.17. The minimum atomic E-state index is -1.33. The summed E-state index contributed by atoms with van der Waals surface area (Å²) in [5, 5.41) is 2.60. The van der Waals surface area contributed by atoms with Crippen LogP contribution in [0.3, 0.4) is 0 Å². The van der Waals surface area contributed by atoms with Gasteiger partial charge in [-0.2, -0.15) is 0 Å². The number of alkyl halides is 1. The maximum absolute atomic E-state index is 15.0. The predicted octanol–water partition coefficient (Wildman–Crippen LogP) is 3.02. The van der Waals surface area contributed by atoms with Gasteiger partial charge in [0.1, 0.15) is 5.82 Å². The number of hydrogen-bond acceptors (Lipinski definition) is 4. The lowest BCUT2D eigenvalue weighted by Crippen LogP contribution is -2.51. The van der Waals surface area contributed by atoms with Crippen LogP contribution in [0.2, 0.25) is 0 Å². The molecule has 0 saturated carbocycles. The zero-order chi connectivity index (χ0) is 21.5. The Morgan fingerprint density at radius 3 is 2.23 bits per heavy atom.